The van der Waals surface area contributed by atoms with Crippen molar-refractivity contribution in [3.8, 4) is 66.8 Å². The Morgan fingerprint density at radius 1 is 0.202 bits per heavy atom. The fourth-order valence-corrected chi connectivity index (χ4v) is 13.5. The van der Waals surface area contributed by atoms with Gasteiger partial charge < -0.3 is 5.32 Å². The summed E-state index contributed by atoms with van der Waals surface area (Å²) in [4.78, 5) is 5.59. The maximum absolute atomic E-state index is 5.59. The molecule has 0 aromatic heterocycles. The SMILES string of the molecule is C1=C(c2ccc(-c3c4ccccc4c(-c4ccccc4)c4ccccc34)cc2)NC(c2ccc(-c3c4ccccc4c(-c4ccccc4)c4ccccc34)cc2)N=C1c1ccc(-c2c3ccccc3c(-c3ccccc3)c3ccccc23)cc1. The molecule has 1 N–H and O–H groups in total. The van der Waals surface area contributed by atoms with Crippen molar-refractivity contribution in [3.63, 3.8) is 0 Å². The first-order valence-electron chi connectivity index (χ1n) is 29.0. The number of hydrogen-bond donors (Lipinski definition) is 1. The molecule has 0 saturated carbocycles. The van der Waals surface area contributed by atoms with Gasteiger partial charge in [0, 0.05) is 5.70 Å². The summed E-state index contributed by atoms with van der Waals surface area (Å²) in [6.07, 6.45) is 1.87. The number of nitrogens with one attached hydrogen (secondary N) is 1. The van der Waals surface area contributed by atoms with Crippen LogP contribution in [0.1, 0.15) is 22.9 Å². The Morgan fingerprint density at radius 3 is 0.690 bits per heavy atom. The van der Waals surface area contributed by atoms with Gasteiger partial charge in [0.25, 0.3) is 0 Å². The minimum Gasteiger partial charge on any atom is -0.360 e. The largest absolute Gasteiger partial charge is 0.360 e. The molecule has 0 amide bonds. The predicted octanol–water partition coefficient (Wildman–Crippen LogP) is 21.7. The second kappa shape index (κ2) is 20.6. The fourth-order valence-electron chi connectivity index (χ4n) is 13.5. The van der Waals surface area contributed by atoms with Gasteiger partial charge in [-0.1, -0.05) is 309 Å². The Morgan fingerprint density at radius 2 is 0.417 bits per heavy atom. The summed E-state index contributed by atoms with van der Waals surface area (Å²) in [7, 11) is 0. The van der Waals surface area contributed by atoms with E-state index in [9.17, 15) is 0 Å². The smallest absolute Gasteiger partial charge is 0.145 e. The average Bonchev–Trinajstić information content (AvgIpc) is 1.79. The van der Waals surface area contributed by atoms with E-state index in [4.69, 9.17) is 4.99 Å². The molecular weight excluding hydrogens is 1010 g/mol. The van der Waals surface area contributed by atoms with E-state index in [1.807, 2.05) is 0 Å². The summed E-state index contributed by atoms with van der Waals surface area (Å²) in [6.45, 7) is 0. The van der Waals surface area contributed by atoms with Gasteiger partial charge in [0.05, 0.1) is 5.71 Å². The number of fused-ring (bicyclic) bond motifs is 6. The van der Waals surface area contributed by atoms with Crippen molar-refractivity contribution in [3.05, 3.63) is 332 Å². The van der Waals surface area contributed by atoms with Crippen molar-refractivity contribution in [1.82, 2.24) is 5.32 Å². The third-order valence-electron chi connectivity index (χ3n) is 17.3. The molecule has 0 bridgehead atoms. The molecule has 1 aliphatic heterocycles. The summed E-state index contributed by atoms with van der Waals surface area (Å²) < 4.78 is 0. The Kier molecular flexibility index (Phi) is 12.0. The van der Waals surface area contributed by atoms with Crippen molar-refractivity contribution in [2.24, 2.45) is 4.99 Å². The standard InChI is InChI=1S/C82H54N2/c1-4-22-55(23-5-1)76-62-28-10-16-34-68(62)79(69-35-17-11-29-63(69)76)58-44-40-53(41-45-58)74-52-75(54-42-46-59(47-43-54)80-70-36-18-12-30-64(70)77(56-24-6-2-7-25-56)65-31-13-19-37-71(65)80)84-82(83-74)61-50-48-60(49-51-61)81-72-38-20-14-32-66(72)78(57-26-8-3-9-27-57)67-33-15-21-39-73(67)81/h1-52,82-83H. The van der Waals surface area contributed by atoms with E-state index in [0.717, 1.165) is 28.1 Å². The van der Waals surface area contributed by atoms with Crippen LogP contribution in [-0.4, -0.2) is 5.71 Å². The maximum Gasteiger partial charge on any atom is 0.145 e. The van der Waals surface area contributed by atoms with Crippen LogP contribution in [-0.2, 0) is 0 Å². The Bertz CT molecular complexity index is 4930. The van der Waals surface area contributed by atoms with Gasteiger partial charge in [-0.25, -0.2) is 0 Å². The van der Waals surface area contributed by atoms with Crippen molar-refractivity contribution < 1.29 is 0 Å². The van der Waals surface area contributed by atoms with Crippen LogP contribution in [0, 0.1) is 0 Å². The van der Waals surface area contributed by atoms with E-state index < -0.39 is 0 Å². The van der Waals surface area contributed by atoms with Crippen molar-refractivity contribution in [2.75, 3.05) is 0 Å². The molecule has 392 valence electrons. The molecule has 0 spiro atoms. The molecule has 15 aromatic carbocycles. The van der Waals surface area contributed by atoms with Gasteiger partial charge >= 0.3 is 0 Å². The van der Waals surface area contributed by atoms with Gasteiger partial charge in [-0.3, -0.25) is 4.99 Å². The lowest BCUT2D eigenvalue weighted by atomic mass is 9.85. The molecule has 2 heteroatoms. The van der Waals surface area contributed by atoms with Crippen molar-refractivity contribution >= 4 is 76.0 Å². The van der Waals surface area contributed by atoms with Gasteiger partial charge in [-0.2, -0.15) is 0 Å². The molecule has 1 aliphatic rings. The number of hydrogen-bond acceptors (Lipinski definition) is 2. The molecular formula is C82H54N2. The van der Waals surface area contributed by atoms with Gasteiger partial charge in [0.1, 0.15) is 6.17 Å². The highest BCUT2D eigenvalue weighted by molar-refractivity contribution is 6.24. The summed E-state index contributed by atoms with van der Waals surface area (Å²) in [5.41, 5.74) is 19.8. The second-order valence-corrected chi connectivity index (χ2v) is 22.0. The average molecular weight is 1070 g/mol. The maximum atomic E-state index is 5.59. The first-order valence-corrected chi connectivity index (χ1v) is 29.0. The zero-order chi connectivity index (χ0) is 55.5. The molecule has 0 aliphatic carbocycles. The van der Waals surface area contributed by atoms with E-state index in [1.165, 1.54) is 131 Å². The monoisotopic (exact) mass is 1070 g/mol. The lowest BCUT2D eigenvalue weighted by molar-refractivity contribution is 0.664. The molecule has 0 fully saturated rings. The molecule has 1 unspecified atom stereocenters. The molecule has 2 nitrogen and oxygen atoms in total. The van der Waals surface area contributed by atoms with Crippen LogP contribution in [0.3, 0.4) is 0 Å². The third kappa shape index (κ3) is 8.30. The van der Waals surface area contributed by atoms with E-state index in [-0.39, 0.29) is 6.17 Å². The molecule has 84 heavy (non-hydrogen) atoms. The zero-order valence-electron chi connectivity index (χ0n) is 46.0. The number of aliphatic imine (C=N–C) groups is 1. The lowest BCUT2D eigenvalue weighted by Gasteiger charge is -2.25. The van der Waals surface area contributed by atoms with Crippen LogP contribution < -0.4 is 5.32 Å². The van der Waals surface area contributed by atoms with Crippen LogP contribution in [0.5, 0.6) is 0 Å². The Hall–Kier alpha value is -10.9. The van der Waals surface area contributed by atoms with Gasteiger partial charge in [-0.15, -0.1) is 0 Å². The zero-order valence-corrected chi connectivity index (χ0v) is 46.0. The highest BCUT2D eigenvalue weighted by Gasteiger charge is 2.24. The molecule has 0 radical (unpaired) electrons. The van der Waals surface area contributed by atoms with Crippen molar-refractivity contribution in [2.45, 2.75) is 6.17 Å². The number of nitrogens with zero attached hydrogens (tertiary/aromatic N) is 1. The summed E-state index contributed by atoms with van der Waals surface area (Å²) >= 11 is 0. The predicted molar refractivity (Wildman–Crippen MR) is 357 cm³/mol. The quantitative estimate of drug-likeness (QED) is 0.143. The summed E-state index contributed by atoms with van der Waals surface area (Å²) in [6, 6.07) is 113. The normalized spacial score (nSPS) is 13.4. The number of allylic oxidation sites excluding steroid dienone is 1. The second-order valence-electron chi connectivity index (χ2n) is 22.0. The minimum absolute atomic E-state index is 0.362. The van der Waals surface area contributed by atoms with Crippen molar-refractivity contribution in [1.29, 1.82) is 0 Å². The van der Waals surface area contributed by atoms with Gasteiger partial charge in [-0.05, 0) is 154 Å². The highest BCUT2D eigenvalue weighted by Crippen LogP contribution is 2.47. The fraction of sp³-hybridized carbons (Fsp3) is 0.0122. The van der Waals surface area contributed by atoms with Crippen LogP contribution in [0.15, 0.2) is 320 Å². The lowest BCUT2D eigenvalue weighted by Crippen LogP contribution is -2.24. The number of rotatable bonds is 9. The molecule has 15 aromatic rings. The number of benzene rings is 15. The van der Waals surface area contributed by atoms with Crippen LogP contribution >= 0.6 is 0 Å². The van der Waals surface area contributed by atoms with Crippen LogP contribution in [0.2, 0.25) is 0 Å². The van der Waals surface area contributed by atoms with E-state index in [0.29, 0.717) is 0 Å². The first kappa shape index (κ1) is 48.9. The van der Waals surface area contributed by atoms with Crippen LogP contribution in [0.4, 0.5) is 0 Å². The Balaban J connectivity index is 0.816. The molecule has 1 atom stereocenters. The van der Waals surface area contributed by atoms with Gasteiger partial charge in [0.2, 0.25) is 0 Å². The summed E-state index contributed by atoms with van der Waals surface area (Å²) in [5, 5.41) is 18.8. The highest BCUT2D eigenvalue weighted by atomic mass is 15.1. The van der Waals surface area contributed by atoms with Crippen LogP contribution in [0.25, 0.3) is 137 Å². The summed E-state index contributed by atoms with van der Waals surface area (Å²) in [5.74, 6) is 0. The third-order valence-corrected chi connectivity index (χ3v) is 17.3. The molecule has 16 rings (SSSR count). The molecule has 0 saturated heterocycles. The van der Waals surface area contributed by atoms with E-state index in [2.05, 4.69) is 321 Å². The Labute approximate surface area is 488 Å². The van der Waals surface area contributed by atoms with Gasteiger partial charge in [0.15, 0.2) is 0 Å². The first-order chi connectivity index (χ1) is 41.7. The molecule has 1 heterocycles. The minimum atomic E-state index is -0.362. The topological polar surface area (TPSA) is 24.4 Å². The van der Waals surface area contributed by atoms with E-state index in [1.54, 1.807) is 0 Å². The van der Waals surface area contributed by atoms with E-state index >= 15 is 0 Å².